The summed E-state index contributed by atoms with van der Waals surface area (Å²) in [6.07, 6.45) is 3.17. The monoisotopic (exact) mass is 284 g/mol. The fourth-order valence-electron chi connectivity index (χ4n) is 1.04. The maximum Gasteiger partial charge on any atom is 0.223 e. The molecule has 0 aliphatic heterocycles. The first kappa shape index (κ1) is 10.4. The van der Waals surface area contributed by atoms with E-state index in [1.54, 1.807) is 23.7 Å². The van der Waals surface area contributed by atoms with E-state index in [1.807, 2.05) is 6.07 Å². The number of aromatic nitrogens is 2. The number of nitrogen functional groups attached to an aromatic ring is 1. The van der Waals surface area contributed by atoms with Crippen molar-refractivity contribution in [3.05, 3.63) is 33.2 Å². The molecule has 0 aliphatic rings. The van der Waals surface area contributed by atoms with Gasteiger partial charge in [0.05, 0.1) is 28.4 Å². The first-order valence-electron chi connectivity index (χ1n) is 4.29. The van der Waals surface area contributed by atoms with E-state index in [0.29, 0.717) is 11.6 Å². The van der Waals surface area contributed by atoms with Crippen molar-refractivity contribution in [3.8, 4) is 0 Å². The lowest BCUT2D eigenvalue weighted by Crippen LogP contribution is -2.02. The number of thiophene rings is 1. The third-order valence-electron chi connectivity index (χ3n) is 1.72. The van der Waals surface area contributed by atoms with Gasteiger partial charge in [0.2, 0.25) is 5.95 Å². The van der Waals surface area contributed by atoms with Gasteiger partial charge in [0, 0.05) is 4.88 Å². The predicted molar refractivity (Wildman–Crippen MR) is 65.8 cm³/mol. The number of rotatable bonds is 3. The van der Waals surface area contributed by atoms with Crippen molar-refractivity contribution in [2.24, 2.45) is 0 Å². The zero-order chi connectivity index (χ0) is 10.7. The Hall–Kier alpha value is -1.14. The van der Waals surface area contributed by atoms with E-state index in [9.17, 15) is 0 Å². The zero-order valence-electron chi connectivity index (χ0n) is 7.77. The van der Waals surface area contributed by atoms with Crippen LogP contribution in [0.5, 0.6) is 0 Å². The first-order valence-corrected chi connectivity index (χ1v) is 5.90. The maximum atomic E-state index is 5.48. The molecule has 2 rings (SSSR count). The fraction of sp³-hybridized carbons (Fsp3) is 0.111. The van der Waals surface area contributed by atoms with Crippen LogP contribution < -0.4 is 11.1 Å². The van der Waals surface area contributed by atoms with E-state index in [0.717, 1.165) is 10.3 Å². The van der Waals surface area contributed by atoms with Crippen molar-refractivity contribution in [1.29, 1.82) is 0 Å². The average Bonchev–Trinajstić information content (AvgIpc) is 2.64. The van der Waals surface area contributed by atoms with Crippen molar-refractivity contribution >= 4 is 38.9 Å². The molecule has 0 aliphatic carbocycles. The number of nitrogens with two attached hydrogens (primary N) is 1. The van der Waals surface area contributed by atoms with E-state index in [1.165, 1.54) is 4.88 Å². The molecule has 0 spiro atoms. The Balaban J connectivity index is 1.96. The third kappa shape index (κ3) is 2.90. The topological polar surface area (TPSA) is 63.8 Å². The van der Waals surface area contributed by atoms with Crippen molar-refractivity contribution in [2.75, 3.05) is 11.1 Å². The van der Waals surface area contributed by atoms with Gasteiger partial charge in [-0.05, 0) is 28.1 Å². The minimum Gasteiger partial charge on any atom is -0.396 e. The van der Waals surface area contributed by atoms with Crippen molar-refractivity contribution in [3.63, 3.8) is 0 Å². The van der Waals surface area contributed by atoms with E-state index < -0.39 is 0 Å². The second-order valence-electron chi connectivity index (χ2n) is 2.90. The van der Waals surface area contributed by atoms with Crippen molar-refractivity contribution in [2.45, 2.75) is 6.54 Å². The Morgan fingerprint density at radius 3 is 2.67 bits per heavy atom. The highest BCUT2D eigenvalue weighted by Gasteiger charge is 1.99. The average molecular weight is 285 g/mol. The van der Waals surface area contributed by atoms with Crippen LogP contribution in [0.25, 0.3) is 0 Å². The molecule has 15 heavy (non-hydrogen) atoms. The Kier molecular flexibility index (Phi) is 3.17. The van der Waals surface area contributed by atoms with Crippen LogP contribution in [0.1, 0.15) is 4.88 Å². The van der Waals surface area contributed by atoms with Gasteiger partial charge in [-0.2, -0.15) is 0 Å². The molecule has 2 aromatic rings. The third-order valence-corrected chi connectivity index (χ3v) is 3.35. The molecule has 4 nitrogen and oxygen atoms in total. The zero-order valence-corrected chi connectivity index (χ0v) is 10.2. The molecule has 0 unspecified atom stereocenters. The summed E-state index contributed by atoms with van der Waals surface area (Å²) in [6.45, 7) is 0.722. The molecule has 0 fully saturated rings. The smallest absolute Gasteiger partial charge is 0.223 e. The van der Waals surface area contributed by atoms with Crippen LogP contribution in [-0.4, -0.2) is 9.97 Å². The SMILES string of the molecule is Nc1cnc(NCc2ccc(Br)s2)nc1. The molecule has 0 saturated heterocycles. The van der Waals surface area contributed by atoms with Gasteiger partial charge in [-0.25, -0.2) is 9.97 Å². The van der Waals surface area contributed by atoms with Gasteiger partial charge in [0.1, 0.15) is 0 Å². The van der Waals surface area contributed by atoms with E-state index in [-0.39, 0.29) is 0 Å². The molecular weight excluding hydrogens is 276 g/mol. The van der Waals surface area contributed by atoms with Crippen LogP contribution in [0, 0.1) is 0 Å². The molecule has 0 saturated carbocycles. The molecule has 0 bridgehead atoms. The van der Waals surface area contributed by atoms with Crippen LogP contribution in [-0.2, 0) is 6.54 Å². The van der Waals surface area contributed by atoms with E-state index in [2.05, 4.69) is 37.3 Å². The Labute approximate surface area is 99.7 Å². The van der Waals surface area contributed by atoms with Crippen LogP contribution in [0.15, 0.2) is 28.3 Å². The molecule has 0 aromatic carbocycles. The summed E-state index contributed by atoms with van der Waals surface area (Å²) in [4.78, 5) is 9.32. The van der Waals surface area contributed by atoms with Crippen LogP contribution in [0.3, 0.4) is 0 Å². The van der Waals surface area contributed by atoms with Gasteiger partial charge in [-0.3, -0.25) is 0 Å². The number of nitrogens with zero attached hydrogens (tertiary/aromatic N) is 2. The summed E-state index contributed by atoms with van der Waals surface area (Å²) in [7, 11) is 0. The highest BCUT2D eigenvalue weighted by molar-refractivity contribution is 9.11. The number of anilines is 2. The Morgan fingerprint density at radius 1 is 1.33 bits per heavy atom. The molecule has 6 heteroatoms. The molecule has 78 valence electrons. The predicted octanol–water partition coefficient (Wildman–Crippen LogP) is 2.49. The number of hydrogen-bond donors (Lipinski definition) is 2. The first-order chi connectivity index (χ1) is 7.24. The summed E-state index contributed by atoms with van der Waals surface area (Å²) in [6, 6.07) is 4.07. The van der Waals surface area contributed by atoms with Crippen molar-refractivity contribution < 1.29 is 0 Å². The minimum atomic E-state index is 0.569. The summed E-state index contributed by atoms with van der Waals surface area (Å²) in [5.74, 6) is 0.591. The lowest BCUT2D eigenvalue weighted by molar-refractivity contribution is 1.07. The highest BCUT2D eigenvalue weighted by atomic mass is 79.9. The quantitative estimate of drug-likeness (QED) is 0.909. The largest absolute Gasteiger partial charge is 0.396 e. The number of hydrogen-bond acceptors (Lipinski definition) is 5. The van der Waals surface area contributed by atoms with Gasteiger partial charge in [-0.1, -0.05) is 0 Å². The lowest BCUT2D eigenvalue weighted by atomic mass is 10.5. The summed E-state index contributed by atoms with van der Waals surface area (Å²) in [5, 5.41) is 3.11. The molecular formula is C9H9BrN4S. The minimum absolute atomic E-state index is 0.569. The normalized spacial score (nSPS) is 10.2. The lowest BCUT2D eigenvalue weighted by Gasteiger charge is -2.01. The molecule has 0 amide bonds. The highest BCUT2D eigenvalue weighted by Crippen LogP contribution is 2.22. The fourth-order valence-corrected chi connectivity index (χ4v) is 2.47. The van der Waals surface area contributed by atoms with E-state index in [4.69, 9.17) is 5.73 Å². The Bertz CT molecular complexity index is 440. The molecule has 0 atom stereocenters. The van der Waals surface area contributed by atoms with Gasteiger partial charge in [0.15, 0.2) is 0 Å². The number of halogens is 1. The van der Waals surface area contributed by atoms with Gasteiger partial charge >= 0.3 is 0 Å². The van der Waals surface area contributed by atoms with Gasteiger partial charge in [0.25, 0.3) is 0 Å². The van der Waals surface area contributed by atoms with Crippen molar-refractivity contribution in [1.82, 2.24) is 9.97 Å². The van der Waals surface area contributed by atoms with Crippen LogP contribution in [0.2, 0.25) is 0 Å². The maximum absolute atomic E-state index is 5.48. The molecule has 2 heterocycles. The van der Waals surface area contributed by atoms with Crippen LogP contribution >= 0.6 is 27.3 Å². The molecule has 2 aromatic heterocycles. The van der Waals surface area contributed by atoms with E-state index >= 15 is 0 Å². The summed E-state index contributed by atoms with van der Waals surface area (Å²) < 4.78 is 1.12. The second-order valence-corrected chi connectivity index (χ2v) is 5.45. The second kappa shape index (κ2) is 4.59. The van der Waals surface area contributed by atoms with Crippen LogP contribution in [0.4, 0.5) is 11.6 Å². The number of nitrogens with one attached hydrogen (secondary N) is 1. The molecule has 3 N–H and O–H groups in total. The standard InChI is InChI=1S/C9H9BrN4S/c10-8-2-1-7(15-8)5-14-9-12-3-6(11)4-13-9/h1-4H,5,11H2,(H,12,13,14). The molecule has 0 radical (unpaired) electrons. The Morgan fingerprint density at radius 2 is 2.07 bits per heavy atom. The summed E-state index contributed by atoms with van der Waals surface area (Å²) in [5.41, 5.74) is 6.05. The van der Waals surface area contributed by atoms with Gasteiger partial charge in [-0.15, -0.1) is 11.3 Å². The summed E-state index contributed by atoms with van der Waals surface area (Å²) >= 11 is 5.09. The van der Waals surface area contributed by atoms with Gasteiger partial charge < -0.3 is 11.1 Å².